The molecule has 1 amide bonds. The second-order valence-electron chi connectivity index (χ2n) is 5.56. The summed E-state index contributed by atoms with van der Waals surface area (Å²) in [5.41, 5.74) is 0.881. The first-order valence-electron chi connectivity index (χ1n) is 7.31. The first-order chi connectivity index (χ1) is 10.6. The van der Waals surface area contributed by atoms with E-state index < -0.39 is 5.63 Å². The third kappa shape index (κ3) is 2.57. The van der Waals surface area contributed by atoms with Gasteiger partial charge in [-0.25, -0.2) is 9.53 Å². The highest BCUT2D eigenvalue weighted by molar-refractivity contribution is 5.99. The summed E-state index contributed by atoms with van der Waals surface area (Å²) in [4.78, 5) is 28.8. The van der Waals surface area contributed by atoms with E-state index in [0.717, 1.165) is 18.7 Å². The SMILES string of the molecule is CN1CCN(C(=O)c2c(-c3ccccc3)n(C)oc2=O)CC1. The van der Waals surface area contributed by atoms with Gasteiger partial charge in [-0.05, 0) is 7.05 Å². The maximum atomic E-state index is 12.8. The molecule has 1 aliphatic heterocycles. The summed E-state index contributed by atoms with van der Waals surface area (Å²) in [5, 5.41) is 0. The number of hydrogen-bond donors (Lipinski definition) is 0. The van der Waals surface area contributed by atoms with Crippen molar-refractivity contribution < 1.29 is 9.32 Å². The van der Waals surface area contributed by atoms with E-state index in [-0.39, 0.29) is 11.5 Å². The number of carbonyl (C=O) groups is 1. The number of carbonyl (C=O) groups excluding carboxylic acids is 1. The summed E-state index contributed by atoms with van der Waals surface area (Å²) in [6, 6.07) is 9.37. The Balaban J connectivity index is 2.00. The van der Waals surface area contributed by atoms with Crippen LogP contribution in [0.25, 0.3) is 11.3 Å². The van der Waals surface area contributed by atoms with Crippen molar-refractivity contribution in [2.45, 2.75) is 0 Å². The van der Waals surface area contributed by atoms with Gasteiger partial charge in [0.05, 0.1) is 0 Å². The summed E-state index contributed by atoms with van der Waals surface area (Å²) >= 11 is 0. The highest BCUT2D eigenvalue weighted by Gasteiger charge is 2.29. The standard InChI is InChI=1S/C16H19N3O3/c1-17-8-10-19(11-9-17)15(20)13-14(18(2)22-16(13)21)12-6-4-3-5-7-12/h3-7H,8-11H2,1-2H3. The van der Waals surface area contributed by atoms with Gasteiger partial charge < -0.3 is 14.3 Å². The lowest BCUT2D eigenvalue weighted by atomic mass is 10.1. The lowest BCUT2D eigenvalue weighted by Crippen LogP contribution is -2.47. The summed E-state index contributed by atoms with van der Waals surface area (Å²) in [7, 11) is 3.67. The largest absolute Gasteiger partial charge is 0.370 e. The van der Waals surface area contributed by atoms with Gasteiger partial charge in [0.2, 0.25) is 0 Å². The smallest absolute Gasteiger partial charge is 0.336 e. The quantitative estimate of drug-likeness (QED) is 0.831. The number of nitrogens with zero attached hydrogens (tertiary/aromatic N) is 3. The number of likely N-dealkylation sites (N-methyl/N-ethyl adjacent to an activating group) is 1. The predicted molar refractivity (Wildman–Crippen MR) is 82.8 cm³/mol. The van der Waals surface area contributed by atoms with Gasteiger partial charge in [0.25, 0.3) is 5.91 Å². The van der Waals surface area contributed by atoms with Crippen molar-refractivity contribution in [1.29, 1.82) is 0 Å². The van der Waals surface area contributed by atoms with Crippen molar-refractivity contribution in [2.75, 3.05) is 33.2 Å². The Morgan fingerprint density at radius 1 is 1.05 bits per heavy atom. The third-order valence-electron chi connectivity index (χ3n) is 4.03. The predicted octanol–water partition coefficient (Wildman–Crippen LogP) is 1.03. The Hall–Kier alpha value is -2.34. The average molecular weight is 301 g/mol. The van der Waals surface area contributed by atoms with E-state index in [1.54, 1.807) is 11.9 Å². The minimum absolute atomic E-state index is 0.123. The molecule has 6 nitrogen and oxygen atoms in total. The lowest BCUT2D eigenvalue weighted by Gasteiger charge is -2.32. The third-order valence-corrected chi connectivity index (χ3v) is 4.03. The molecule has 2 aromatic rings. The van der Waals surface area contributed by atoms with Gasteiger partial charge in [-0.1, -0.05) is 30.3 Å². The number of benzene rings is 1. The molecule has 6 heteroatoms. The molecule has 2 heterocycles. The van der Waals surface area contributed by atoms with E-state index in [2.05, 4.69) is 4.90 Å². The van der Waals surface area contributed by atoms with E-state index in [0.29, 0.717) is 18.8 Å². The highest BCUT2D eigenvalue weighted by Crippen LogP contribution is 2.23. The topological polar surface area (TPSA) is 58.7 Å². The number of aromatic nitrogens is 1. The van der Waals surface area contributed by atoms with Crippen LogP contribution in [0.15, 0.2) is 39.6 Å². The maximum absolute atomic E-state index is 12.8. The number of hydrogen-bond acceptors (Lipinski definition) is 4. The van der Waals surface area contributed by atoms with Crippen LogP contribution in [0, 0.1) is 0 Å². The fourth-order valence-electron chi connectivity index (χ4n) is 2.75. The van der Waals surface area contributed by atoms with Crippen molar-refractivity contribution in [3.05, 3.63) is 46.3 Å². The fourth-order valence-corrected chi connectivity index (χ4v) is 2.75. The molecule has 1 aromatic carbocycles. The lowest BCUT2D eigenvalue weighted by molar-refractivity contribution is 0.0662. The molecule has 0 N–H and O–H groups in total. The Labute approximate surface area is 128 Å². The van der Waals surface area contributed by atoms with Crippen molar-refractivity contribution in [3.8, 4) is 11.3 Å². The molecule has 22 heavy (non-hydrogen) atoms. The molecule has 1 aliphatic rings. The monoisotopic (exact) mass is 301 g/mol. The molecule has 0 bridgehead atoms. The van der Waals surface area contributed by atoms with E-state index in [4.69, 9.17) is 4.52 Å². The molecular formula is C16H19N3O3. The molecule has 0 radical (unpaired) electrons. The molecule has 3 rings (SSSR count). The Bertz CT molecular complexity index is 725. The summed E-state index contributed by atoms with van der Waals surface area (Å²) in [5.74, 6) is -0.249. The zero-order valence-electron chi connectivity index (χ0n) is 12.8. The van der Waals surface area contributed by atoms with Crippen molar-refractivity contribution in [1.82, 2.24) is 14.5 Å². The van der Waals surface area contributed by atoms with E-state index in [1.165, 1.54) is 4.74 Å². The Morgan fingerprint density at radius 2 is 1.68 bits per heavy atom. The molecule has 0 aliphatic carbocycles. The van der Waals surface area contributed by atoms with E-state index >= 15 is 0 Å². The van der Waals surface area contributed by atoms with Crippen LogP contribution in [-0.2, 0) is 7.05 Å². The van der Waals surface area contributed by atoms with Crippen LogP contribution in [0.1, 0.15) is 10.4 Å². The molecule has 116 valence electrons. The van der Waals surface area contributed by atoms with Gasteiger partial charge in [-0.2, -0.15) is 0 Å². The normalized spacial score (nSPS) is 16.0. The first kappa shape index (κ1) is 14.6. The van der Waals surface area contributed by atoms with Gasteiger partial charge >= 0.3 is 5.63 Å². The van der Waals surface area contributed by atoms with Crippen LogP contribution >= 0.6 is 0 Å². The minimum atomic E-state index is -0.578. The molecule has 0 saturated carbocycles. The van der Waals surface area contributed by atoms with Gasteiger partial charge in [0, 0.05) is 38.8 Å². The van der Waals surface area contributed by atoms with Crippen molar-refractivity contribution in [2.24, 2.45) is 7.05 Å². The van der Waals surface area contributed by atoms with Crippen LogP contribution in [0.3, 0.4) is 0 Å². The minimum Gasteiger partial charge on any atom is -0.336 e. The number of piperazine rings is 1. The van der Waals surface area contributed by atoms with Gasteiger partial charge in [0.1, 0.15) is 5.69 Å². The van der Waals surface area contributed by atoms with E-state index in [9.17, 15) is 9.59 Å². The van der Waals surface area contributed by atoms with Crippen LogP contribution in [0.2, 0.25) is 0 Å². The summed E-state index contributed by atoms with van der Waals surface area (Å²) < 4.78 is 6.51. The molecule has 0 unspecified atom stereocenters. The van der Waals surface area contributed by atoms with Gasteiger partial charge in [0.15, 0.2) is 5.56 Å². The number of rotatable bonds is 2. The first-order valence-corrected chi connectivity index (χ1v) is 7.31. The highest BCUT2D eigenvalue weighted by atomic mass is 16.5. The zero-order chi connectivity index (χ0) is 15.7. The Kier molecular flexibility index (Phi) is 3.85. The summed E-state index contributed by atoms with van der Waals surface area (Å²) in [6.07, 6.45) is 0. The molecule has 1 aromatic heterocycles. The molecule has 0 atom stereocenters. The second kappa shape index (κ2) is 5.81. The fraction of sp³-hybridized carbons (Fsp3) is 0.375. The van der Waals surface area contributed by atoms with Gasteiger partial charge in [-0.3, -0.25) is 4.79 Å². The van der Waals surface area contributed by atoms with Crippen molar-refractivity contribution in [3.63, 3.8) is 0 Å². The van der Waals surface area contributed by atoms with Crippen LogP contribution in [-0.4, -0.2) is 53.7 Å². The maximum Gasteiger partial charge on any atom is 0.370 e. The van der Waals surface area contributed by atoms with Crippen LogP contribution in [0.5, 0.6) is 0 Å². The second-order valence-corrected chi connectivity index (χ2v) is 5.56. The Morgan fingerprint density at radius 3 is 2.32 bits per heavy atom. The van der Waals surface area contributed by atoms with Crippen LogP contribution in [0.4, 0.5) is 0 Å². The number of amides is 1. The number of aryl methyl sites for hydroxylation is 1. The van der Waals surface area contributed by atoms with Crippen LogP contribution < -0.4 is 5.63 Å². The molecule has 0 spiro atoms. The zero-order valence-corrected chi connectivity index (χ0v) is 12.8. The molecule has 1 saturated heterocycles. The van der Waals surface area contributed by atoms with E-state index in [1.807, 2.05) is 37.4 Å². The molecular weight excluding hydrogens is 282 g/mol. The van der Waals surface area contributed by atoms with Crippen molar-refractivity contribution >= 4 is 5.91 Å². The summed E-state index contributed by atoms with van der Waals surface area (Å²) in [6.45, 7) is 2.87. The average Bonchev–Trinajstić information content (AvgIpc) is 2.82. The molecule has 1 fully saturated rings. The van der Waals surface area contributed by atoms with Gasteiger partial charge in [-0.15, -0.1) is 0 Å².